The van der Waals surface area contributed by atoms with Crippen molar-refractivity contribution < 1.29 is 0 Å². The summed E-state index contributed by atoms with van der Waals surface area (Å²) in [7, 11) is 0. The Hall–Kier alpha value is -4.20. The third-order valence-electron chi connectivity index (χ3n) is 4.73. The van der Waals surface area contributed by atoms with Gasteiger partial charge in [0.15, 0.2) is 11.6 Å². The van der Waals surface area contributed by atoms with Crippen molar-refractivity contribution in [3.8, 4) is 22.8 Å². The van der Waals surface area contributed by atoms with E-state index in [1.807, 2.05) is 57.3 Å². The van der Waals surface area contributed by atoms with E-state index in [0.29, 0.717) is 22.9 Å². The van der Waals surface area contributed by atoms with E-state index in [9.17, 15) is 0 Å². The van der Waals surface area contributed by atoms with Crippen LogP contribution in [0.3, 0.4) is 0 Å². The standard InChI is InChI=1S/C20H12N8/c1-2-8-16-15(7-1)27-17(13-5-3-9-21-11-13)23-25-19(27)20-26-24-18(28(16)20)14-6-4-10-22-12-14/h1-12H. The lowest BCUT2D eigenvalue weighted by Gasteiger charge is -2.09. The summed E-state index contributed by atoms with van der Waals surface area (Å²) >= 11 is 0. The summed E-state index contributed by atoms with van der Waals surface area (Å²) in [6.07, 6.45) is 7.03. The van der Waals surface area contributed by atoms with Gasteiger partial charge in [-0.05, 0) is 36.4 Å². The zero-order chi connectivity index (χ0) is 18.5. The Morgan fingerprint density at radius 1 is 0.536 bits per heavy atom. The van der Waals surface area contributed by atoms with Crippen LogP contribution in [0.25, 0.3) is 45.1 Å². The van der Waals surface area contributed by atoms with Gasteiger partial charge in [0.2, 0.25) is 11.3 Å². The van der Waals surface area contributed by atoms with E-state index in [4.69, 9.17) is 0 Å². The zero-order valence-corrected chi connectivity index (χ0v) is 14.5. The quantitative estimate of drug-likeness (QED) is 0.469. The van der Waals surface area contributed by atoms with Gasteiger partial charge in [-0.3, -0.25) is 18.8 Å². The van der Waals surface area contributed by atoms with Crippen LogP contribution >= 0.6 is 0 Å². The van der Waals surface area contributed by atoms with Crippen LogP contribution in [0.15, 0.2) is 73.3 Å². The van der Waals surface area contributed by atoms with Crippen molar-refractivity contribution in [3.05, 3.63) is 73.3 Å². The molecule has 0 aliphatic rings. The largest absolute Gasteiger partial charge is 0.270 e. The van der Waals surface area contributed by atoms with Gasteiger partial charge in [-0.1, -0.05) is 12.1 Å². The monoisotopic (exact) mass is 364 g/mol. The molecule has 0 saturated carbocycles. The number of aromatic nitrogens is 8. The minimum Gasteiger partial charge on any atom is -0.270 e. The Morgan fingerprint density at radius 3 is 1.46 bits per heavy atom. The normalized spacial score (nSPS) is 11.6. The van der Waals surface area contributed by atoms with E-state index in [1.54, 1.807) is 24.8 Å². The van der Waals surface area contributed by atoms with Crippen LogP contribution in [0.5, 0.6) is 0 Å². The molecule has 28 heavy (non-hydrogen) atoms. The van der Waals surface area contributed by atoms with E-state index >= 15 is 0 Å². The molecule has 0 aliphatic heterocycles. The Labute approximate surface area is 158 Å². The molecule has 5 heterocycles. The van der Waals surface area contributed by atoms with Crippen LogP contribution < -0.4 is 0 Å². The average molecular weight is 364 g/mol. The predicted octanol–water partition coefficient (Wildman–Crippen LogP) is 3.05. The minimum absolute atomic E-state index is 0.639. The zero-order valence-electron chi connectivity index (χ0n) is 14.5. The smallest absolute Gasteiger partial charge is 0.207 e. The molecule has 8 heteroatoms. The lowest BCUT2D eigenvalue weighted by Crippen LogP contribution is -2.00. The van der Waals surface area contributed by atoms with Crippen LogP contribution in [0.1, 0.15) is 0 Å². The Morgan fingerprint density at radius 2 is 1.04 bits per heavy atom. The second kappa shape index (κ2) is 5.65. The van der Waals surface area contributed by atoms with Crippen LogP contribution in [0.4, 0.5) is 0 Å². The van der Waals surface area contributed by atoms with Gasteiger partial charge in [-0.15, -0.1) is 20.4 Å². The van der Waals surface area contributed by atoms with Gasteiger partial charge < -0.3 is 0 Å². The highest BCUT2D eigenvalue weighted by Gasteiger charge is 2.20. The van der Waals surface area contributed by atoms with E-state index < -0.39 is 0 Å². The first kappa shape index (κ1) is 14.9. The lowest BCUT2D eigenvalue weighted by molar-refractivity contribution is 1.10. The topological polar surface area (TPSA) is 86.2 Å². The van der Waals surface area contributed by atoms with Gasteiger partial charge >= 0.3 is 0 Å². The third-order valence-corrected chi connectivity index (χ3v) is 4.73. The van der Waals surface area contributed by atoms with Gasteiger partial charge in [-0.25, -0.2) is 0 Å². The molecule has 0 bridgehead atoms. The average Bonchev–Trinajstić information content (AvgIpc) is 3.40. The molecule has 132 valence electrons. The highest BCUT2D eigenvalue weighted by atomic mass is 15.3. The first-order valence-electron chi connectivity index (χ1n) is 8.73. The van der Waals surface area contributed by atoms with Crippen molar-refractivity contribution in [1.29, 1.82) is 0 Å². The van der Waals surface area contributed by atoms with Crippen molar-refractivity contribution in [2.75, 3.05) is 0 Å². The van der Waals surface area contributed by atoms with Crippen LogP contribution in [-0.4, -0.2) is 39.2 Å². The molecule has 0 unspecified atom stereocenters. The molecule has 6 rings (SSSR count). The molecule has 6 aromatic rings. The van der Waals surface area contributed by atoms with Crippen molar-refractivity contribution in [2.45, 2.75) is 0 Å². The van der Waals surface area contributed by atoms with Gasteiger partial charge in [0.1, 0.15) is 0 Å². The fraction of sp³-hybridized carbons (Fsp3) is 0. The Bertz CT molecular complexity index is 1340. The molecule has 0 fully saturated rings. The van der Waals surface area contributed by atoms with Crippen molar-refractivity contribution >= 4 is 22.3 Å². The number of benzene rings is 1. The number of nitrogens with zero attached hydrogens (tertiary/aromatic N) is 8. The first-order chi connectivity index (χ1) is 13.9. The Kier molecular flexibility index (Phi) is 3.01. The van der Waals surface area contributed by atoms with E-state index in [1.165, 1.54) is 0 Å². The molecule has 0 saturated heterocycles. The molecule has 1 aromatic carbocycles. The molecule has 0 N–H and O–H groups in total. The number of fused-ring (bicyclic) bond motifs is 6. The first-order valence-corrected chi connectivity index (χ1v) is 8.73. The van der Waals surface area contributed by atoms with Crippen LogP contribution in [-0.2, 0) is 0 Å². The van der Waals surface area contributed by atoms with Gasteiger partial charge in [-0.2, -0.15) is 0 Å². The summed E-state index contributed by atoms with van der Waals surface area (Å²) in [4.78, 5) is 8.42. The molecule has 0 spiro atoms. The van der Waals surface area contributed by atoms with Gasteiger partial charge in [0.25, 0.3) is 0 Å². The minimum atomic E-state index is 0.639. The van der Waals surface area contributed by atoms with E-state index in [2.05, 4.69) is 30.4 Å². The number of hydrogen-bond acceptors (Lipinski definition) is 6. The lowest BCUT2D eigenvalue weighted by atomic mass is 10.2. The molecular formula is C20H12N8. The molecular weight excluding hydrogens is 352 g/mol. The maximum Gasteiger partial charge on any atom is 0.207 e. The summed E-state index contributed by atoms with van der Waals surface area (Å²) in [5.74, 6) is 1.43. The molecule has 5 aromatic heterocycles. The predicted molar refractivity (Wildman–Crippen MR) is 104 cm³/mol. The fourth-order valence-corrected chi connectivity index (χ4v) is 3.52. The van der Waals surface area contributed by atoms with Crippen molar-refractivity contribution in [1.82, 2.24) is 39.2 Å². The second-order valence-corrected chi connectivity index (χ2v) is 6.34. The molecule has 0 aliphatic carbocycles. The van der Waals surface area contributed by atoms with Gasteiger partial charge in [0, 0.05) is 35.9 Å². The highest BCUT2D eigenvalue weighted by Crippen LogP contribution is 2.29. The molecule has 0 radical (unpaired) electrons. The number of para-hydroxylation sites is 2. The SMILES string of the molecule is c1cncc(-c2nnc3c4nnc(-c5cccnc5)n4c4ccccc4n23)c1. The van der Waals surface area contributed by atoms with Gasteiger partial charge in [0.05, 0.1) is 11.0 Å². The molecule has 0 amide bonds. The summed E-state index contributed by atoms with van der Waals surface area (Å²) in [6, 6.07) is 15.8. The number of pyridine rings is 2. The number of rotatable bonds is 2. The highest BCUT2D eigenvalue weighted by molar-refractivity contribution is 5.89. The van der Waals surface area contributed by atoms with Crippen molar-refractivity contribution in [3.63, 3.8) is 0 Å². The summed E-state index contributed by atoms with van der Waals surface area (Å²) in [5.41, 5.74) is 4.96. The van der Waals surface area contributed by atoms with Crippen LogP contribution in [0.2, 0.25) is 0 Å². The fourth-order valence-electron chi connectivity index (χ4n) is 3.52. The molecule has 0 atom stereocenters. The third kappa shape index (κ3) is 1.99. The van der Waals surface area contributed by atoms with Crippen LogP contribution in [0, 0.1) is 0 Å². The summed E-state index contributed by atoms with van der Waals surface area (Å²) < 4.78 is 4.01. The maximum atomic E-state index is 4.43. The summed E-state index contributed by atoms with van der Waals surface area (Å²) in [5, 5.41) is 17.7. The van der Waals surface area contributed by atoms with Crippen molar-refractivity contribution in [2.24, 2.45) is 0 Å². The second-order valence-electron chi connectivity index (χ2n) is 6.34. The number of hydrogen-bond donors (Lipinski definition) is 0. The molecule has 8 nitrogen and oxygen atoms in total. The van der Waals surface area contributed by atoms with E-state index in [0.717, 1.165) is 22.2 Å². The maximum absolute atomic E-state index is 4.43. The summed E-state index contributed by atoms with van der Waals surface area (Å²) in [6.45, 7) is 0. The Balaban J connectivity index is 1.80. The van der Waals surface area contributed by atoms with E-state index in [-0.39, 0.29) is 0 Å².